The SMILES string of the molecule is CC(C)(C)c1cc(NC(=O)c2ccc(Cl)cc2)n(CCOc2cccc(C(F)(F)F)c2)n1. The maximum atomic E-state index is 12.9. The van der Waals surface area contributed by atoms with Gasteiger partial charge in [-0.1, -0.05) is 38.4 Å². The number of carbonyl (C=O) groups is 1. The molecule has 0 unspecified atom stereocenters. The van der Waals surface area contributed by atoms with Crippen LogP contribution in [-0.2, 0) is 18.1 Å². The van der Waals surface area contributed by atoms with Gasteiger partial charge >= 0.3 is 6.18 Å². The Kier molecular flexibility index (Phi) is 6.83. The molecule has 0 aliphatic rings. The van der Waals surface area contributed by atoms with Crippen molar-refractivity contribution in [3.63, 3.8) is 0 Å². The predicted molar refractivity (Wildman–Crippen MR) is 117 cm³/mol. The first-order chi connectivity index (χ1) is 14.9. The van der Waals surface area contributed by atoms with Crippen LogP contribution in [0.1, 0.15) is 42.4 Å². The van der Waals surface area contributed by atoms with E-state index in [1.54, 1.807) is 35.0 Å². The molecule has 0 aliphatic heterocycles. The highest BCUT2D eigenvalue weighted by atomic mass is 35.5. The van der Waals surface area contributed by atoms with Crippen molar-refractivity contribution in [2.24, 2.45) is 0 Å². The van der Waals surface area contributed by atoms with Gasteiger partial charge in [-0.15, -0.1) is 0 Å². The number of hydrogen-bond acceptors (Lipinski definition) is 3. The number of benzene rings is 2. The first kappa shape index (κ1) is 23.7. The molecule has 170 valence electrons. The monoisotopic (exact) mass is 465 g/mol. The lowest BCUT2D eigenvalue weighted by Crippen LogP contribution is -2.18. The first-order valence-corrected chi connectivity index (χ1v) is 10.3. The summed E-state index contributed by atoms with van der Waals surface area (Å²) in [4.78, 5) is 12.6. The van der Waals surface area contributed by atoms with Crippen LogP contribution in [0.3, 0.4) is 0 Å². The quantitative estimate of drug-likeness (QED) is 0.472. The Morgan fingerprint density at radius 3 is 2.41 bits per heavy atom. The van der Waals surface area contributed by atoms with Crippen molar-refractivity contribution in [1.29, 1.82) is 0 Å². The highest BCUT2D eigenvalue weighted by molar-refractivity contribution is 6.30. The lowest BCUT2D eigenvalue weighted by atomic mass is 9.92. The number of nitrogens with zero attached hydrogens (tertiary/aromatic N) is 2. The number of aromatic nitrogens is 2. The number of halogens is 4. The Bertz CT molecular complexity index is 1090. The van der Waals surface area contributed by atoms with Gasteiger partial charge in [0.15, 0.2) is 0 Å². The molecule has 0 saturated carbocycles. The van der Waals surface area contributed by atoms with Crippen LogP contribution in [0, 0.1) is 0 Å². The molecule has 0 aliphatic carbocycles. The maximum absolute atomic E-state index is 12.9. The first-order valence-electron chi connectivity index (χ1n) is 9.89. The zero-order valence-corrected chi connectivity index (χ0v) is 18.6. The van der Waals surface area contributed by atoms with Crippen LogP contribution in [0.2, 0.25) is 5.02 Å². The number of ether oxygens (including phenoxy) is 1. The molecule has 0 fully saturated rings. The molecule has 1 aromatic heterocycles. The maximum Gasteiger partial charge on any atom is 0.416 e. The van der Waals surface area contributed by atoms with Crippen LogP contribution in [0.25, 0.3) is 0 Å². The summed E-state index contributed by atoms with van der Waals surface area (Å²) in [5, 5.41) is 7.90. The number of carbonyl (C=O) groups excluding carboxylic acids is 1. The van der Waals surface area contributed by atoms with Crippen molar-refractivity contribution < 1.29 is 22.7 Å². The highest BCUT2D eigenvalue weighted by Gasteiger charge is 2.30. The molecular weight excluding hydrogens is 443 g/mol. The van der Waals surface area contributed by atoms with Gasteiger partial charge in [-0.05, 0) is 42.5 Å². The number of nitrogens with one attached hydrogen (secondary N) is 1. The van der Waals surface area contributed by atoms with Crippen LogP contribution in [0.4, 0.5) is 19.0 Å². The van der Waals surface area contributed by atoms with E-state index in [4.69, 9.17) is 16.3 Å². The summed E-state index contributed by atoms with van der Waals surface area (Å²) in [6.07, 6.45) is -4.44. The summed E-state index contributed by atoms with van der Waals surface area (Å²) in [6.45, 7) is 6.26. The molecule has 2 aromatic carbocycles. The van der Waals surface area contributed by atoms with E-state index in [1.807, 2.05) is 20.8 Å². The van der Waals surface area contributed by atoms with Gasteiger partial charge in [0.1, 0.15) is 18.2 Å². The topological polar surface area (TPSA) is 56.2 Å². The second-order valence-corrected chi connectivity index (χ2v) is 8.66. The summed E-state index contributed by atoms with van der Waals surface area (Å²) in [6, 6.07) is 12.9. The average molecular weight is 466 g/mol. The zero-order valence-electron chi connectivity index (χ0n) is 17.8. The minimum absolute atomic E-state index is 0.0659. The van der Waals surface area contributed by atoms with E-state index < -0.39 is 11.7 Å². The van der Waals surface area contributed by atoms with Gasteiger partial charge in [-0.2, -0.15) is 18.3 Å². The van der Waals surface area contributed by atoms with E-state index in [0.717, 1.165) is 17.8 Å². The lowest BCUT2D eigenvalue weighted by Gasteiger charge is -2.14. The third-order valence-corrected chi connectivity index (χ3v) is 4.88. The van der Waals surface area contributed by atoms with E-state index in [2.05, 4.69) is 10.4 Å². The fraction of sp³-hybridized carbons (Fsp3) is 0.304. The predicted octanol–water partition coefficient (Wildman–Crippen LogP) is 6.18. The van der Waals surface area contributed by atoms with E-state index in [-0.39, 0.29) is 30.2 Å². The smallest absolute Gasteiger partial charge is 0.416 e. The third-order valence-electron chi connectivity index (χ3n) is 4.63. The summed E-state index contributed by atoms with van der Waals surface area (Å²) in [5.41, 5.74) is 0.134. The van der Waals surface area contributed by atoms with E-state index in [0.29, 0.717) is 16.4 Å². The molecule has 32 heavy (non-hydrogen) atoms. The van der Waals surface area contributed by atoms with Crippen molar-refractivity contribution in [2.45, 2.75) is 38.9 Å². The standard InChI is InChI=1S/C23H23ClF3N3O2/c1-22(2,3)19-14-20(28-21(31)15-7-9-17(24)10-8-15)30(29-19)11-12-32-18-6-4-5-16(13-18)23(25,26)27/h4-10,13-14H,11-12H2,1-3H3,(H,28,31). The molecule has 3 aromatic rings. The second-order valence-electron chi connectivity index (χ2n) is 8.22. The largest absolute Gasteiger partial charge is 0.492 e. The summed E-state index contributed by atoms with van der Waals surface area (Å²) in [7, 11) is 0. The number of rotatable bonds is 6. The van der Waals surface area contributed by atoms with Crippen molar-refractivity contribution in [3.05, 3.63) is 76.4 Å². The zero-order chi connectivity index (χ0) is 23.5. The van der Waals surface area contributed by atoms with Crippen LogP contribution >= 0.6 is 11.6 Å². The Morgan fingerprint density at radius 2 is 1.78 bits per heavy atom. The van der Waals surface area contributed by atoms with Gasteiger partial charge in [-0.25, -0.2) is 4.68 Å². The Balaban J connectivity index is 1.74. The van der Waals surface area contributed by atoms with E-state index in [9.17, 15) is 18.0 Å². The average Bonchev–Trinajstić information content (AvgIpc) is 3.11. The van der Waals surface area contributed by atoms with Gasteiger partial charge in [0.2, 0.25) is 0 Å². The molecule has 0 radical (unpaired) electrons. The van der Waals surface area contributed by atoms with E-state index in [1.165, 1.54) is 12.1 Å². The van der Waals surface area contributed by atoms with Crippen LogP contribution in [0.5, 0.6) is 5.75 Å². The van der Waals surface area contributed by atoms with Crippen molar-refractivity contribution in [2.75, 3.05) is 11.9 Å². The van der Waals surface area contributed by atoms with E-state index >= 15 is 0 Å². The molecule has 1 amide bonds. The van der Waals surface area contributed by atoms with Crippen molar-refractivity contribution in [1.82, 2.24) is 9.78 Å². The van der Waals surface area contributed by atoms with Crippen LogP contribution < -0.4 is 10.1 Å². The van der Waals surface area contributed by atoms with Crippen LogP contribution in [-0.4, -0.2) is 22.3 Å². The van der Waals surface area contributed by atoms with Crippen LogP contribution in [0.15, 0.2) is 54.6 Å². The Labute approximate surface area is 189 Å². The second kappa shape index (κ2) is 9.24. The highest BCUT2D eigenvalue weighted by Crippen LogP contribution is 2.31. The molecule has 0 atom stereocenters. The van der Waals surface area contributed by atoms with Gasteiger partial charge < -0.3 is 10.1 Å². The van der Waals surface area contributed by atoms with Gasteiger partial charge in [0.25, 0.3) is 5.91 Å². The molecule has 0 saturated heterocycles. The van der Waals surface area contributed by atoms with Crippen molar-refractivity contribution in [3.8, 4) is 5.75 Å². The summed E-state index contributed by atoms with van der Waals surface area (Å²) in [5.74, 6) is 0.236. The Hall–Kier alpha value is -3.00. The molecule has 9 heteroatoms. The number of hydrogen-bond donors (Lipinski definition) is 1. The molecule has 0 spiro atoms. The minimum atomic E-state index is -4.44. The molecule has 0 bridgehead atoms. The summed E-state index contributed by atoms with van der Waals surface area (Å²) >= 11 is 5.88. The lowest BCUT2D eigenvalue weighted by molar-refractivity contribution is -0.137. The molecule has 5 nitrogen and oxygen atoms in total. The summed E-state index contributed by atoms with van der Waals surface area (Å²) < 4.78 is 45.7. The number of alkyl halides is 3. The fourth-order valence-electron chi connectivity index (χ4n) is 2.86. The minimum Gasteiger partial charge on any atom is -0.492 e. The number of amides is 1. The van der Waals surface area contributed by atoms with Gasteiger partial charge in [0, 0.05) is 22.1 Å². The van der Waals surface area contributed by atoms with Gasteiger partial charge in [0.05, 0.1) is 17.8 Å². The molecule has 3 rings (SSSR count). The molecule has 1 heterocycles. The molecular formula is C23H23ClF3N3O2. The van der Waals surface area contributed by atoms with Crippen molar-refractivity contribution >= 4 is 23.3 Å². The fourth-order valence-corrected chi connectivity index (χ4v) is 2.98. The third kappa shape index (κ3) is 6.03. The normalized spacial score (nSPS) is 12.0. The molecule has 1 N–H and O–H groups in total. The number of anilines is 1. The Morgan fingerprint density at radius 1 is 1.09 bits per heavy atom. The van der Waals surface area contributed by atoms with Gasteiger partial charge in [-0.3, -0.25) is 4.79 Å².